The van der Waals surface area contributed by atoms with E-state index in [0.717, 1.165) is 0 Å². The normalized spacial score (nSPS) is 25.1. The third kappa shape index (κ3) is 2.76. The molecule has 2 heteroatoms. The number of likely N-dealkylation sites (tertiary alicyclic amines) is 1. The largest absolute Gasteiger partial charge is 0.508 e. The first-order valence-electron chi connectivity index (χ1n) is 7.73. The smallest absolute Gasteiger partial charge is 0.115 e. The Bertz CT molecular complexity index is 481. The second kappa shape index (κ2) is 5.61. The highest BCUT2D eigenvalue weighted by molar-refractivity contribution is 5.72. The fourth-order valence-corrected chi connectivity index (χ4v) is 3.35. The number of nitrogens with zero attached hydrogens (tertiary/aromatic N) is 1. The van der Waals surface area contributed by atoms with E-state index in [0.29, 0.717) is 17.7 Å². The van der Waals surface area contributed by atoms with Crippen molar-refractivity contribution in [1.82, 2.24) is 4.90 Å². The molecule has 0 amide bonds. The van der Waals surface area contributed by atoms with Crippen LogP contribution < -0.4 is 0 Å². The number of phenols is 1. The number of hydrogen-bond donors (Lipinski definition) is 1. The van der Waals surface area contributed by atoms with Gasteiger partial charge in [-0.3, -0.25) is 4.90 Å². The Morgan fingerprint density at radius 1 is 1.10 bits per heavy atom. The first-order chi connectivity index (χ1) is 9.45. The van der Waals surface area contributed by atoms with Crippen molar-refractivity contribution in [3.63, 3.8) is 0 Å². The van der Waals surface area contributed by atoms with E-state index in [1.54, 1.807) is 12.1 Å². The maximum atomic E-state index is 9.35. The van der Waals surface area contributed by atoms with Gasteiger partial charge in [-0.25, -0.2) is 0 Å². The summed E-state index contributed by atoms with van der Waals surface area (Å²) in [5.74, 6) is 1.01. The van der Waals surface area contributed by atoms with Crippen molar-refractivity contribution in [1.29, 1.82) is 0 Å². The molecule has 2 nitrogen and oxygen atoms in total. The van der Waals surface area contributed by atoms with E-state index in [9.17, 15) is 5.11 Å². The van der Waals surface area contributed by atoms with Crippen LogP contribution in [0, 0.1) is 5.92 Å². The van der Waals surface area contributed by atoms with E-state index in [2.05, 4.69) is 31.7 Å². The van der Waals surface area contributed by atoms with Gasteiger partial charge in [-0.2, -0.15) is 0 Å². The Balaban J connectivity index is 0.000000704. The molecule has 1 N–H and O–H groups in total. The van der Waals surface area contributed by atoms with Gasteiger partial charge >= 0.3 is 0 Å². The Hall–Kier alpha value is -1.28. The summed E-state index contributed by atoms with van der Waals surface area (Å²) in [7, 11) is 0. The van der Waals surface area contributed by atoms with Gasteiger partial charge in [0.25, 0.3) is 0 Å². The van der Waals surface area contributed by atoms with Gasteiger partial charge in [0.2, 0.25) is 0 Å². The van der Waals surface area contributed by atoms with Gasteiger partial charge in [-0.15, -0.1) is 0 Å². The molecule has 20 heavy (non-hydrogen) atoms. The van der Waals surface area contributed by atoms with Crippen molar-refractivity contribution in [3.8, 4) is 5.75 Å². The molecule has 0 saturated carbocycles. The fraction of sp³-hybridized carbons (Fsp3) is 0.556. The van der Waals surface area contributed by atoms with Gasteiger partial charge in [0.05, 0.1) is 0 Å². The summed E-state index contributed by atoms with van der Waals surface area (Å²) in [6.45, 7) is 12.0. The fourth-order valence-electron chi connectivity index (χ4n) is 3.35. The van der Waals surface area contributed by atoms with Crippen LogP contribution in [0.5, 0.6) is 5.75 Å². The summed E-state index contributed by atoms with van der Waals surface area (Å²) < 4.78 is 0. The molecule has 110 valence electrons. The SMILES string of the molecule is CC.CC(C)(C)N1CC2CC1C=C2c1ccc(O)cc1. The summed E-state index contributed by atoms with van der Waals surface area (Å²) in [6, 6.07) is 8.22. The summed E-state index contributed by atoms with van der Waals surface area (Å²) in [5.41, 5.74) is 3.01. The van der Waals surface area contributed by atoms with Crippen LogP contribution in [-0.2, 0) is 0 Å². The van der Waals surface area contributed by atoms with Gasteiger partial charge in [0.15, 0.2) is 0 Å². The first-order valence-corrected chi connectivity index (χ1v) is 7.73. The number of phenolic OH excluding ortho intramolecular Hbond substituents is 1. The highest BCUT2D eigenvalue weighted by atomic mass is 16.3. The molecule has 1 aromatic rings. The predicted molar refractivity (Wildman–Crippen MR) is 85.8 cm³/mol. The van der Waals surface area contributed by atoms with Gasteiger partial charge in [-0.1, -0.05) is 32.1 Å². The highest BCUT2D eigenvalue weighted by Crippen LogP contribution is 2.44. The molecular weight excluding hydrogens is 246 g/mol. The molecule has 1 heterocycles. The molecule has 1 aromatic carbocycles. The molecule has 2 aliphatic rings. The average molecular weight is 273 g/mol. The van der Waals surface area contributed by atoms with Crippen LogP contribution in [0.3, 0.4) is 0 Å². The van der Waals surface area contributed by atoms with E-state index >= 15 is 0 Å². The lowest BCUT2D eigenvalue weighted by atomic mass is 9.94. The van der Waals surface area contributed by atoms with Gasteiger partial charge < -0.3 is 5.11 Å². The van der Waals surface area contributed by atoms with Crippen molar-refractivity contribution >= 4 is 5.57 Å². The quantitative estimate of drug-likeness (QED) is 0.824. The van der Waals surface area contributed by atoms with E-state index in [-0.39, 0.29) is 5.54 Å². The number of hydrogen-bond acceptors (Lipinski definition) is 2. The van der Waals surface area contributed by atoms with E-state index in [1.807, 2.05) is 26.0 Å². The molecular formula is C18H27NO. The van der Waals surface area contributed by atoms with Crippen LogP contribution >= 0.6 is 0 Å². The summed E-state index contributed by atoms with van der Waals surface area (Å²) in [6.07, 6.45) is 3.68. The average Bonchev–Trinajstić information content (AvgIpc) is 3.01. The molecule has 1 fully saturated rings. The van der Waals surface area contributed by atoms with Crippen LogP contribution in [0.15, 0.2) is 30.3 Å². The topological polar surface area (TPSA) is 23.5 Å². The highest BCUT2D eigenvalue weighted by Gasteiger charge is 2.43. The summed E-state index contributed by atoms with van der Waals surface area (Å²) >= 11 is 0. The van der Waals surface area contributed by atoms with Crippen LogP contribution in [0.2, 0.25) is 0 Å². The molecule has 2 bridgehead atoms. The second-order valence-corrected chi connectivity index (χ2v) is 6.49. The molecule has 1 aliphatic carbocycles. The zero-order chi connectivity index (χ0) is 14.9. The number of benzene rings is 1. The van der Waals surface area contributed by atoms with Crippen molar-refractivity contribution < 1.29 is 5.11 Å². The molecule has 2 atom stereocenters. The Morgan fingerprint density at radius 2 is 1.70 bits per heavy atom. The molecule has 0 radical (unpaired) electrons. The van der Waals surface area contributed by atoms with Crippen LogP contribution in [-0.4, -0.2) is 28.1 Å². The van der Waals surface area contributed by atoms with Crippen LogP contribution in [0.1, 0.15) is 46.6 Å². The van der Waals surface area contributed by atoms with Crippen molar-refractivity contribution in [2.75, 3.05) is 6.54 Å². The minimum atomic E-state index is 0.260. The van der Waals surface area contributed by atoms with Crippen molar-refractivity contribution in [3.05, 3.63) is 35.9 Å². The lowest BCUT2D eigenvalue weighted by Gasteiger charge is -2.38. The van der Waals surface area contributed by atoms with Gasteiger partial charge in [-0.05, 0) is 56.4 Å². The number of fused-ring (bicyclic) bond motifs is 2. The Labute approximate surface area is 123 Å². The monoisotopic (exact) mass is 273 g/mol. The lowest BCUT2D eigenvalue weighted by Crippen LogP contribution is -2.45. The predicted octanol–water partition coefficient (Wildman–Crippen LogP) is 4.30. The third-order valence-electron chi connectivity index (χ3n) is 4.22. The zero-order valence-electron chi connectivity index (χ0n) is 13.4. The molecule has 0 aromatic heterocycles. The standard InChI is InChI=1S/C16H21NO.C2H6/c1-16(2,3)17-10-12-8-13(17)9-15(12)11-4-6-14(18)7-5-11;1-2/h4-7,9,12-13,18H,8,10H2,1-3H3;1-2H3. The van der Waals surface area contributed by atoms with Crippen molar-refractivity contribution in [2.45, 2.75) is 52.6 Å². The van der Waals surface area contributed by atoms with E-state index in [4.69, 9.17) is 0 Å². The molecule has 3 rings (SSSR count). The number of aromatic hydroxyl groups is 1. The maximum Gasteiger partial charge on any atom is 0.115 e. The molecule has 1 aliphatic heterocycles. The second-order valence-electron chi connectivity index (χ2n) is 6.49. The van der Waals surface area contributed by atoms with Crippen LogP contribution in [0.4, 0.5) is 0 Å². The Kier molecular flexibility index (Phi) is 4.24. The van der Waals surface area contributed by atoms with Gasteiger partial charge in [0, 0.05) is 18.1 Å². The van der Waals surface area contributed by atoms with Crippen LogP contribution in [0.25, 0.3) is 5.57 Å². The molecule has 2 unspecified atom stereocenters. The van der Waals surface area contributed by atoms with E-state index in [1.165, 1.54) is 24.1 Å². The Morgan fingerprint density at radius 3 is 2.15 bits per heavy atom. The summed E-state index contributed by atoms with van der Waals surface area (Å²) in [5, 5.41) is 9.35. The van der Waals surface area contributed by atoms with Crippen molar-refractivity contribution in [2.24, 2.45) is 5.92 Å². The third-order valence-corrected chi connectivity index (χ3v) is 4.22. The molecule has 1 saturated heterocycles. The summed E-state index contributed by atoms with van der Waals surface area (Å²) in [4.78, 5) is 2.60. The zero-order valence-corrected chi connectivity index (χ0v) is 13.4. The van der Waals surface area contributed by atoms with E-state index < -0.39 is 0 Å². The number of rotatable bonds is 1. The minimum absolute atomic E-state index is 0.260. The van der Waals surface area contributed by atoms with Gasteiger partial charge in [0.1, 0.15) is 5.75 Å². The maximum absolute atomic E-state index is 9.35. The lowest BCUT2D eigenvalue weighted by molar-refractivity contribution is 0.138. The minimum Gasteiger partial charge on any atom is -0.508 e. The molecule has 0 spiro atoms. The first kappa shape index (κ1) is 15.1.